The molecule has 1 aromatic carbocycles. The molecule has 0 atom stereocenters. The first-order chi connectivity index (χ1) is 13.1. The molecule has 2 aliphatic heterocycles. The van der Waals surface area contributed by atoms with Crippen molar-refractivity contribution < 1.29 is 9.59 Å². The molecule has 4 rings (SSSR count). The summed E-state index contributed by atoms with van der Waals surface area (Å²) in [5.74, 6) is 0.893. The molecule has 0 saturated carbocycles. The lowest BCUT2D eigenvalue weighted by Crippen LogP contribution is -2.50. The molecule has 1 aromatic heterocycles. The van der Waals surface area contributed by atoms with Crippen molar-refractivity contribution in [2.75, 3.05) is 41.7 Å². The molecule has 140 valence electrons. The van der Waals surface area contributed by atoms with Crippen LogP contribution < -0.4 is 15.5 Å². The molecule has 0 aliphatic carbocycles. The minimum absolute atomic E-state index is 0.0152. The predicted octanol–water partition coefficient (Wildman–Crippen LogP) is 2.02. The number of piperazine rings is 1. The minimum Gasteiger partial charge on any atom is -0.352 e. The quantitative estimate of drug-likeness (QED) is 0.849. The Balaban J connectivity index is 1.37. The summed E-state index contributed by atoms with van der Waals surface area (Å²) >= 11 is 0. The second kappa shape index (κ2) is 7.22. The number of aromatic nitrogens is 2. The smallest absolute Gasteiger partial charge is 0.321 e. The number of aryl methyl sites for hydroxylation is 2. The summed E-state index contributed by atoms with van der Waals surface area (Å²) in [5.41, 5.74) is 3.47. The van der Waals surface area contributed by atoms with E-state index in [0.717, 1.165) is 29.2 Å². The highest BCUT2D eigenvalue weighted by Gasteiger charge is 2.23. The van der Waals surface area contributed by atoms with Crippen molar-refractivity contribution >= 4 is 29.1 Å². The molecular weight excluding hydrogens is 344 g/mol. The highest BCUT2D eigenvalue weighted by molar-refractivity contribution is 5.96. The molecule has 8 nitrogen and oxygen atoms in total. The third-order valence-corrected chi connectivity index (χ3v) is 4.98. The van der Waals surface area contributed by atoms with Crippen LogP contribution in [-0.4, -0.2) is 53.0 Å². The van der Waals surface area contributed by atoms with Gasteiger partial charge in [0.1, 0.15) is 5.82 Å². The molecule has 0 spiro atoms. The molecule has 1 saturated heterocycles. The summed E-state index contributed by atoms with van der Waals surface area (Å²) in [6, 6.07) is 5.53. The topological polar surface area (TPSA) is 90.5 Å². The van der Waals surface area contributed by atoms with E-state index in [1.165, 1.54) is 0 Å². The largest absolute Gasteiger partial charge is 0.352 e. The molecule has 8 heteroatoms. The first-order valence-electron chi connectivity index (χ1n) is 9.11. The average molecular weight is 366 g/mol. The van der Waals surface area contributed by atoms with E-state index in [4.69, 9.17) is 0 Å². The Labute approximate surface area is 157 Å². The van der Waals surface area contributed by atoms with Gasteiger partial charge in [0.05, 0.1) is 5.69 Å². The molecule has 3 heterocycles. The molecule has 27 heavy (non-hydrogen) atoms. The lowest BCUT2D eigenvalue weighted by molar-refractivity contribution is -0.116. The van der Waals surface area contributed by atoms with E-state index in [-0.39, 0.29) is 11.9 Å². The van der Waals surface area contributed by atoms with Gasteiger partial charge in [0, 0.05) is 56.4 Å². The third kappa shape index (κ3) is 3.69. The molecule has 0 radical (unpaired) electrons. The number of anilines is 3. The van der Waals surface area contributed by atoms with Gasteiger partial charge in [-0.05, 0) is 31.0 Å². The van der Waals surface area contributed by atoms with Crippen LogP contribution in [-0.2, 0) is 11.2 Å². The van der Waals surface area contributed by atoms with Gasteiger partial charge in [0.25, 0.3) is 0 Å². The van der Waals surface area contributed by atoms with Crippen LogP contribution >= 0.6 is 0 Å². The first-order valence-corrected chi connectivity index (χ1v) is 9.11. The van der Waals surface area contributed by atoms with Gasteiger partial charge >= 0.3 is 6.03 Å². The Morgan fingerprint density at radius 2 is 1.89 bits per heavy atom. The maximum Gasteiger partial charge on any atom is 0.321 e. The van der Waals surface area contributed by atoms with E-state index >= 15 is 0 Å². The second-order valence-electron chi connectivity index (χ2n) is 6.79. The fourth-order valence-electron chi connectivity index (χ4n) is 3.48. The Kier molecular flexibility index (Phi) is 4.62. The lowest BCUT2D eigenvalue weighted by atomic mass is 10.0. The van der Waals surface area contributed by atoms with E-state index in [2.05, 4.69) is 25.5 Å². The number of rotatable bonds is 2. The standard InChI is InChI=1S/C19H22N6O2/c1-13-18(21-7-6-20-13)24-8-10-25(11-9-24)19(27)22-15-4-2-14-3-5-17(26)23-16(14)12-15/h2,4,6-7,12H,3,5,8-11H2,1H3,(H,22,27)(H,23,26). The maximum absolute atomic E-state index is 12.6. The number of hydrogen-bond acceptors (Lipinski definition) is 5. The second-order valence-corrected chi connectivity index (χ2v) is 6.79. The maximum atomic E-state index is 12.6. The number of benzene rings is 1. The van der Waals surface area contributed by atoms with Gasteiger partial charge in [-0.25, -0.2) is 9.78 Å². The number of fused-ring (bicyclic) bond motifs is 1. The van der Waals surface area contributed by atoms with Crippen molar-refractivity contribution in [1.29, 1.82) is 0 Å². The van der Waals surface area contributed by atoms with E-state index in [1.54, 1.807) is 17.3 Å². The SMILES string of the molecule is Cc1nccnc1N1CCN(C(=O)Nc2ccc3c(c2)NC(=O)CC3)CC1. The highest BCUT2D eigenvalue weighted by atomic mass is 16.2. The summed E-state index contributed by atoms with van der Waals surface area (Å²) in [6.45, 7) is 4.60. The van der Waals surface area contributed by atoms with Gasteiger partial charge in [0.15, 0.2) is 0 Å². The van der Waals surface area contributed by atoms with Gasteiger partial charge in [-0.3, -0.25) is 9.78 Å². The van der Waals surface area contributed by atoms with Crippen LogP contribution in [0.15, 0.2) is 30.6 Å². The van der Waals surface area contributed by atoms with Gasteiger partial charge in [-0.1, -0.05) is 6.07 Å². The molecule has 0 bridgehead atoms. The first kappa shape index (κ1) is 17.3. The molecule has 2 aliphatic rings. The van der Waals surface area contributed by atoms with Crippen LogP contribution in [0.4, 0.5) is 22.0 Å². The van der Waals surface area contributed by atoms with Crippen molar-refractivity contribution in [3.63, 3.8) is 0 Å². The van der Waals surface area contributed by atoms with Gasteiger partial charge < -0.3 is 20.4 Å². The zero-order valence-corrected chi connectivity index (χ0v) is 15.2. The normalized spacial score (nSPS) is 16.6. The minimum atomic E-state index is -0.132. The van der Waals surface area contributed by atoms with Crippen LogP contribution in [0.5, 0.6) is 0 Å². The monoisotopic (exact) mass is 366 g/mol. The highest BCUT2D eigenvalue weighted by Crippen LogP contribution is 2.26. The summed E-state index contributed by atoms with van der Waals surface area (Å²) in [4.78, 5) is 36.8. The number of carbonyl (C=O) groups excluding carboxylic acids is 2. The number of nitrogens with one attached hydrogen (secondary N) is 2. The molecule has 1 fully saturated rings. The number of amides is 3. The van der Waals surface area contributed by atoms with Gasteiger partial charge in [-0.2, -0.15) is 0 Å². The van der Waals surface area contributed by atoms with Crippen molar-refractivity contribution in [3.8, 4) is 0 Å². The van der Waals surface area contributed by atoms with E-state index < -0.39 is 0 Å². The third-order valence-electron chi connectivity index (χ3n) is 4.98. The van der Waals surface area contributed by atoms with Crippen LogP contribution in [0.25, 0.3) is 0 Å². The van der Waals surface area contributed by atoms with Gasteiger partial charge in [-0.15, -0.1) is 0 Å². The summed E-state index contributed by atoms with van der Waals surface area (Å²) in [5, 5.41) is 5.79. The molecule has 0 unspecified atom stereocenters. The van der Waals surface area contributed by atoms with E-state index in [9.17, 15) is 9.59 Å². The van der Waals surface area contributed by atoms with Crippen LogP contribution in [0.1, 0.15) is 17.7 Å². The number of hydrogen-bond donors (Lipinski definition) is 2. The molecule has 3 amide bonds. The van der Waals surface area contributed by atoms with Crippen molar-refractivity contribution in [3.05, 3.63) is 41.9 Å². The number of urea groups is 1. The Morgan fingerprint density at radius 3 is 2.67 bits per heavy atom. The van der Waals surface area contributed by atoms with Crippen LogP contribution in [0.2, 0.25) is 0 Å². The predicted molar refractivity (Wildman–Crippen MR) is 103 cm³/mol. The average Bonchev–Trinajstić information content (AvgIpc) is 2.68. The van der Waals surface area contributed by atoms with Crippen LogP contribution in [0.3, 0.4) is 0 Å². The van der Waals surface area contributed by atoms with E-state index in [1.807, 2.05) is 25.1 Å². The van der Waals surface area contributed by atoms with Crippen molar-refractivity contribution in [1.82, 2.24) is 14.9 Å². The Hall–Kier alpha value is -3.16. The molecular formula is C19H22N6O2. The summed E-state index contributed by atoms with van der Waals surface area (Å²) in [6.07, 6.45) is 4.62. The fraction of sp³-hybridized carbons (Fsp3) is 0.368. The Bertz CT molecular complexity index is 876. The molecule has 2 aromatic rings. The fourth-order valence-corrected chi connectivity index (χ4v) is 3.48. The zero-order chi connectivity index (χ0) is 18.8. The Morgan fingerprint density at radius 1 is 1.11 bits per heavy atom. The number of nitrogens with zero attached hydrogens (tertiary/aromatic N) is 4. The summed E-state index contributed by atoms with van der Waals surface area (Å²) < 4.78 is 0. The van der Waals surface area contributed by atoms with Crippen molar-refractivity contribution in [2.45, 2.75) is 19.8 Å². The molecule has 2 N–H and O–H groups in total. The van der Waals surface area contributed by atoms with E-state index in [0.29, 0.717) is 38.3 Å². The zero-order valence-electron chi connectivity index (χ0n) is 15.2. The van der Waals surface area contributed by atoms with Gasteiger partial charge in [0.2, 0.25) is 5.91 Å². The summed E-state index contributed by atoms with van der Waals surface area (Å²) in [7, 11) is 0. The lowest BCUT2D eigenvalue weighted by Gasteiger charge is -2.35. The number of carbonyl (C=O) groups is 2. The van der Waals surface area contributed by atoms with Crippen molar-refractivity contribution in [2.24, 2.45) is 0 Å². The van der Waals surface area contributed by atoms with Crippen LogP contribution in [0, 0.1) is 6.92 Å².